The molecule has 0 fully saturated rings. The van der Waals surface area contributed by atoms with Gasteiger partial charge >= 0.3 is 0 Å². The molecule has 188 valence electrons. The summed E-state index contributed by atoms with van der Waals surface area (Å²) in [6, 6.07) is 15.1. The molecule has 2 aromatic carbocycles. The number of hydrogen-bond donors (Lipinski definition) is 2. The Labute approximate surface area is 216 Å². The van der Waals surface area contributed by atoms with E-state index in [0.29, 0.717) is 30.6 Å². The number of nitrogens with one attached hydrogen (secondary N) is 2. The number of benzene rings is 2. The van der Waals surface area contributed by atoms with Crippen molar-refractivity contribution in [2.75, 3.05) is 11.9 Å². The molecule has 2 N–H and O–H groups in total. The summed E-state index contributed by atoms with van der Waals surface area (Å²) in [5.41, 5.74) is 7.44. The SMILES string of the molecule is Cc1cccc(CC(=O)Nc2cnn(-c3cccc(C(=O)NCCc4nc(C)c5c(n4)CCC5)c3)c2)c1. The van der Waals surface area contributed by atoms with Crippen LogP contribution in [0.25, 0.3) is 5.69 Å². The van der Waals surface area contributed by atoms with E-state index < -0.39 is 0 Å². The summed E-state index contributed by atoms with van der Waals surface area (Å²) in [4.78, 5) is 34.5. The summed E-state index contributed by atoms with van der Waals surface area (Å²) < 4.78 is 1.64. The standard InChI is InChI=1S/C29H30N6O2/c1-19-6-3-7-21(14-19)15-28(36)33-23-17-31-35(18-23)24-9-4-8-22(16-24)29(37)30-13-12-27-32-20(2)25-10-5-11-26(25)34-27/h3-4,6-9,14,16-18H,5,10-13,15H2,1-2H3,(H,30,37)(H,33,36). The van der Waals surface area contributed by atoms with Crippen molar-refractivity contribution in [3.05, 3.63) is 100 Å². The third-order valence-electron chi connectivity index (χ3n) is 6.51. The summed E-state index contributed by atoms with van der Waals surface area (Å²) in [6.07, 6.45) is 7.42. The molecule has 8 nitrogen and oxygen atoms in total. The van der Waals surface area contributed by atoms with E-state index >= 15 is 0 Å². The number of carbonyl (C=O) groups excluding carboxylic acids is 2. The number of anilines is 1. The van der Waals surface area contributed by atoms with E-state index in [9.17, 15) is 9.59 Å². The Bertz CT molecular complexity index is 1460. The maximum absolute atomic E-state index is 12.8. The molecule has 2 amide bonds. The van der Waals surface area contributed by atoms with Crippen molar-refractivity contribution in [1.29, 1.82) is 0 Å². The van der Waals surface area contributed by atoms with Gasteiger partial charge in [-0.2, -0.15) is 5.10 Å². The first-order valence-corrected chi connectivity index (χ1v) is 12.6. The van der Waals surface area contributed by atoms with Gasteiger partial charge in [0.15, 0.2) is 0 Å². The van der Waals surface area contributed by atoms with Crippen LogP contribution in [0.3, 0.4) is 0 Å². The molecular weight excluding hydrogens is 464 g/mol. The predicted molar refractivity (Wildman–Crippen MR) is 142 cm³/mol. The lowest BCUT2D eigenvalue weighted by Gasteiger charge is -2.09. The molecule has 0 bridgehead atoms. The predicted octanol–water partition coefficient (Wildman–Crippen LogP) is 3.92. The van der Waals surface area contributed by atoms with E-state index in [4.69, 9.17) is 0 Å². The third kappa shape index (κ3) is 5.91. The first-order valence-electron chi connectivity index (χ1n) is 12.6. The van der Waals surface area contributed by atoms with E-state index in [0.717, 1.165) is 53.3 Å². The molecule has 0 unspecified atom stereocenters. The van der Waals surface area contributed by atoms with E-state index in [-0.39, 0.29) is 11.8 Å². The van der Waals surface area contributed by atoms with E-state index in [2.05, 4.69) is 25.7 Å². The number of aromatic nitrogens is 4. The molecule has 0 saturated carbocycles. The van der Waals surface area contributed by atoms with Crippen LogP contribution in [-0.4, -0.2) is 38.1 Å². The third-order valence-corrected chi connectivity index (χ3v) is 6.51. The average molecular weight is 495 g/mol. The van der Waals surface area contributed by atoms with Crippen molar-refractivity contribution in [3.8, 4) is 5.69 Å². The van der Waals surface area contributed by atoms with Gasteiger partial charge in [-0.05, 0) is 62.4 Å². The Morgan fingerprint density at radius 3 is 2.76 bits per heavy atom. The van der Waals surface area contributed by atoms with Crippen LogP contribution in [0.2, 0.25) is 0 Å². The van der Waals surface area contributed by atoms with Gasteiger partial charge in [-0.1, -0.05) is 35.9 Å². The molecule has 0 radical (unpaired) electrons. The van der Waals surface area contributed by atoms with Gasteiger partial charge in [-0.15, -0.1) is 0 Å². The van der Waals surface area contributed by atoms with Crippen LogP contribution >= 0.6 is 0 Å². The molecule has 0 aliphatic heterocycles. The molecule has 0 atom stereocenters. The Morgan fingerprint density at radius 2 is 1.89 bits per heavy atom. The van der Waals surface area contributed by atoms with Gasteiger partial charge in [-0.25, -0.2) is 14.6 Å². The fraction of sp³-hybridized carbons (Fsp3) is 0.276. The fourth-order valence-corrected chi connectivity index (χ4v) is 4.72. The molecular formula is C29H30N6O2. The second-order valence-electron chi connectivity index (χ2n) is 9.45. The van der Waals surface area contributed by atoms with Crippen LogP contribution in [0.1, 0.15) is 50.7 Å². The maximum atomic E-state index is 12.8. The highest BCUT2D eigenvalue weighted by atomic mass is 16.2. The van der Waals surface area contributed by atoms with E-state index in [1.165, 1.54) is 5.56 Å². The molecule has 2 heterocycles. The topological polar surface area (TPSA) is 102 Å². The zero-order chi connectivity index (χ0) is 25.8. The lowest BCUT2D eigenvalue weighted by molar-refractivity contribution is -0.115. The molecule has 0 saturated heterocycles. The van der Waals surface area contributed by atoms with Crippen molar-refractivity contribution in [2.45, 2.75) is 46.0 Å². The van der Waals surface area contributed by atoms with Crippen LogP contribution in [0.5, 0.6) is 0 Å². The highest BCUT2D eigenvalue weighted by Gasteiger charge is 2.17. The van der Waals surface area contributed by atoms with Gasteiger partial charge in [0.1, 0.15) is 5.82 Å². The molecule has 8 heteroatoms. The second-order valence-corrected chi connectivity index (χ2v) is 9.45. The minimum absolute atomic E-state index is 0.110. The van der Waals surface area contributed by atoms with Gasteiger partial charge < -0.3 is 10.6 Å². The van der Waals surface area contributed by atoms with Crippen molar-refractivity contribution >= 4 is 17.5 Å². The van der Waals surface area contributed by atoms with Gasteiger partial charge in [0.05, 0.1) is 30.2 Å². The Hall–Kier alpha value is -4.33. The number of carbonyl (C=O) groups is 2. The molecule has 5 rings (SSSR count). The van der Waals surface area contributed by atoms with Crippen molar-refractivity contribution in [2.24, 2.45) is 0 Å². The van der Waals surface area contributed by atoms with E-state index in [1.807, 2.05) is 50.2 Å². The molecule has 37 heavy (non-hydrogen) atoms. The normalized spacial score (nSPS) is 12.3. The number of nitrogens with zero attached hydrogens (tertiary/aromatic N) is 4. The first-order chi connectivity index (χ1) is 17.9. The van der Waals surface area contributed by atoms with Crippen molar-refractivity contribution in [1.82, 2.24) is 25.1 Å². The summed E-state index contributed by atoms with van der Waals surface area (Å²) in [7, 11) is 0. The summed E-state index contributed by atoms with van der Waals surface area (Å²) in [5.74, 6) is 0.500. The molecule has 0 spiro atoms. The lowest BCUT2D eigenvalue weighted by Crippen LogP contribution is -2.26. The number of hydrogen-bond acceptors (Lipinski definition) is 5. The molecule has 4 aromatic rings. The van der Waals surface area contributed by atoms with Crippen molar-refractivity contribution < 1.29 is 9.59 Å². The molecule has 2 aromatic heterocycles. The van der Waals surface area contributed by atoms with Gasteiger partial charge in [-0.3, -0.25) is 9.59 Å². The Kier molecular flexibility index (Phi) is 7.07. The summed E-state index contributed by atoms with van der Waals surface area (Å²) >= 11 is 0. The number of fused-ring (bicyclic) bond motifs is 1. The van der Waals surface area contributed by atoms with Gasteiger partial charge in [0.2, 0.25) is 5.91 Å². The zero-order valence-electron chi connectivity index (χ0n) is 21.1. The van der Waals surface area contributed by atoms with E-state index in [1.54, 1.807) is 29.2 Å². The minimum Gasteiger partial charge on any atom is -0.352 e. The number of aryl methyl sites for hydroxylation is 3. The molecule has 1 aliphatic carbocycles. The van der Waals surface area contributed by atoms with Crippen LogP contribution < -0.4 is 10.6 Å². The monoisotopic (exact) mass is 494 g/mol. The summed E-state index contributed by atoms with van der Waals surface area (Å²) in [6.45, 7) is 4.50. The number of amides is 2. The van der Waals surface area contributed by atoms with Crippen molar-refractivity contribution in [3.63, 3.8) is 0 Å². The Balaban J connectivity index is 1.17. The van der Waals surface area contributed by atoms with Gasteiger partial charge in [0.25, 0.3) is 5.91 Å². The zero-order valence-corrected chi connectivity index (χ0v) is 21.1. The van der Waals surface area contributed by atoms with Crippen LogP contribution in [0.4, 0.5) is 5.69 Å². The second kappa shape index (κ2) is 10.7. The molecule has 1 aliphatic rings. The fourth-order valence-electron chi connectivity index (χ4n) is 4.72. The lowest BCUT2D eigenvalue weighted by atomic mass is 10.1. The highest BCUT2D eigenvalue weighted by Crippen LogP contribution is 2.22. The Morgan fingerprint density at radius 1 is 1.03 bits per heavy atom. The highest BCUT2D eigenvalue weighted by molar-refractivity contribution is 5.94. The first kappa shape index (κ1) is 24.4. The smallest absolute Gasteiger partial charge is 0.251 e. The minimum atomic E-state index is -0.168. The average Bonchev–Trinajstić information content (AvgIpc) is 3.54. The number of rotatable bonds is 8. The van der Waals surface area contributed by atoms with Crippen LogP contribution in [0.15, 0.2) is 60.9 Å². The maximum Gasteiger partial charge on any atom is 0.251 e. The quantitative estimate of drug-likeness (QED) is 0.387. The van der Waals surface area contributed by atoms with Gasteiger partial charge in [0, 0.05) is 29.9 Å². The largest absolute Gasteiger partial charge is 0.352 e. The van der Waals surface area contributed by atoms with Crippen LogP contribution in [0, 0.1) is 13.8 Å². The van der Waals surface area contributed by atoms with Crippen LogP contribution in [-0.2, 0) is 30.5 Å². The summed E-state index contributed by atoms with van der Waals surface area (Å²) in [5, 5.41) is 10.2.